The summed E-state index contributed by atoms with van der Waals surface area (Å²) in [5, 5.41) is 5.12. The van der Waals surface area contributed by atoms with Gasteiger partial charge in [-0.3, -0.25) is 0 Å². The predicted octanol–water partition coefficient (Wildman–Crippen LogP) is 1.46. The molecule has 0 amide bonds. The molecule has 0 bridgehead atoms. The highest BCUT2D eigenvalue weighted by Gasteiger charge is 2.04. The third-order valence-corrected chi connectivity index (χ3v) is 2.27. The van der Waals surface area contributed by atoms with E-state index in [0.29, 0.717) is 5.82 Å². The summed E-state index contributed by atoms with van der Waals surface area (Å²) in [6.45, 7) is 0. The SMILES string of the molecule is Nc1nc2ccnn2c2ccccc12. The van der Waals surface area contributed by atoms with Gasteiger partial charge in [-0.15, -0.1) is 0 Å². The Morgan fingerprint density at radius 1 is 1.14 bits per heavy atom. The first-order chi connectivity index (χ1) is 6.86. The van der Waals surface area contributed by atoms with E-state index in [1.807, 2.05) is 30.3 Å². The molecule has 0 aliphatic heterocycles. The summed E-state index contributed by atoms with van der Waals surface area (Å²) in [4.78, 5) is 4.24. The van der Waals surface area contributed by atoms with Crippen LogP contribution < -0.4 is 5.73 Å². The van der Waals surface area contributed by atoms with E-state index >= 15 is 0 Å². The zero-order valence-corrected chi connectivity index (χ0v) is 7.38. The fourth-order valence-electron chi connectivity index (χ4n) is 1.63. The minimum absolute atomic E-state index is 0.550. The van der Waals surface area contributed by atoms with Gasteiger partial charge in [0, 0.05) is 11.5 Å². The molecule has 2 N–H and O–H groups in total. The number of benzene rings is 1. The lowest BCUT2D eigenvalue weighted by molar-refractivity contribution is 0.985. The monoisotopic (exact) mass is 184 g/mol. The van der Waals surface area contributed by atoms with Crippen molar-refractivity contribution in [3.8, 4) is 0 Å². The van der Waals surface area contributed by atoms with Crippen LogP contribution in [0, 0.1) is 0 Å². The highest BCUT2D eigenvalue weighted by Crippen LogP contribution is 2.19. The number of aromatic nitrogens is 3. The first-order valence-electron chi connectivity index (χ1n) is 4.34. The minimum Gasteiger partial charge on any atom is -0.383 e. The van der Waals surface area contributed by atoms with Crippen LogP contribution in [0.25, 0.3) is 16.6 Å². The van der Waals surface area contributed by atoms with Crippen LogP contribution >= 0.6 is 0 Å². The van der Waals surface area contributed by atoms with Crippen molar-refractivity contribution < 1.29 is 0 Å². The molecule has 4 heteroatoms. The molecule has 0 spiro atoms. The molecule has 0 fully saturated rings. The number of rotatable bonds is 0. The standard InChI is InChI=1S/C10H8N4/c11-10-7-3-1-2-4-8(7)14-9(13-10)5-6-12-14/h1-6H,(H2,11,13). The molecule has 0 saturated heterocycles. The summed E-state index contributed by atoms with van der Waals surface area (Å²) >= 11 is 0. The van der Waals surface area contributed by atoms with Crippen molar-refractivity contribution in [3.63, 3.8) is 0 Å². The van der Waals surface area contributed by atoms with Crippen molar-refractivity contribution >= 4 is 22.4 Å². The van der Waals surface area contributed by atoms with Crippen LogP contribution in [0.1, 0.15) is 0 Å². The highest BCUT2D eigenvalue weighted by molar-refractivity contribution is 5.89. The van der Waals surface area contributed by atoms with Gasteiger partial charge in [-0.25, -0.2) is 9.50 Å². The fourth-order valence-corrected chi connectivity index (χ4v) is 1.63. The zero-order chi connectivity index (χ0) is 9.54. The average molecular weight is 184 g/mol. The maximum atomic E-state index is 5.83. The second-order valence-corrected chi connectivity index (χ2v) is 3.12. The Balaban J connectivity index is 2.67. The van der Waals surface area contributed by atoms with Gasteiger partial charge in [-0.2, -0.15) is 5.10 Å². The quantitative estimate of drug-likeness (QED) is 0.575. The van der Waals surface area contributed by atoms with Gasteiger partial charge >= 0.3 is 0 Å². The molecular weight excluding hydrogens is 176 g/mol. The summed E-state index contributed by atoms with van der Waals surface area (Å²) < 4.78 is 1.78. The summed E-state index contributed by atoms with van der Waals surface area (Å²) in [7, 11) is 0. The first kappa shape index (κ1) is 7.32. The molecule has 2 aromatic heterocycles. The number of hydrogen-bond donors (Lipinski definition) is 1. The Morgan fingerprint density at radius 3 is 2.93 bits per heavy atom. The van der Waals surface area contributed by atoms with Crippen molar-refractivity contribution in [1.82, 2.24) is 14.6 Å². The van der Waals surface area contributed by atoms with Crippen LogP contribution in [0.2, 0.25) is 0 Å². The summed E-state index contributed by atoms with van der Waals surface area (Å²) in [6.07, 6.45) is 1.72. The van der Waals surface area contributed by atoms with E-state index in [9.17, 15) is 0 Å². The molecule has 68 valence electrons. The number of para-hydroxylation sites is 1. The number of anilines is 1. The lowest BCUT2D eigenvalue weighted by atomic mass is 10.2. The van der Waals surface area contributed by atoms with Gasteiger partial charge in [-0.05, 0) is 12.1 Å². The van der Waals surface area contributed by atoms with Gasteiger partial charge < -0.3 is 5.73 Å². The molecule has 1 aromatic carbocycles. The molecule has 0 saturated carbocycles. The Hall–Kier alpha value is -2.10. The number of nitrogens with two attached hydrogens (primary N) is 1. The van der Waals surface area contributed by atoms with Gasteiger partial charge in [-0.1, -0.05) is 12.1 Å². The van der Waals surface area contributed by atoms with Gasteiger partial charge in [0.15, 0.2) is 5.65 Å². The lowest BCUT2D eigenvalue weighted by Gasteiger charge is -2.02. The maximum Gasteiger partial charge on any atom is 0.158 e. The summed E-state index contributed by atoms with van der Waals surface area (Å²) in [5.41, 5.74) is 7.59. The van der Waals surface area contributed by atoms with Gasteiger partial charge in [0.2, 0.25) is 0 Å². The van der Waals surface area contributed by atoms with Crippen molar-refractivity contribution in [3.05, 3.63) is 36.5 Å². The van der Waals surface area contributed by atoms with Gasteiger partial charge in [0.1, 0.15) is 5.82 Å². The lowest BCUT2D eigenvalue weighted by Crippen LogP contribution is -1.98. The second kappa shape index (κ2) is 2.45. The van der Waals surface area contributed by atoms with Crippen molar-refractivity contribution in [2.75, 3.05) is 5.73 Å². The number of nitrogen functional groups attached to an aromatic ring is 1. The number of nitrogens with zero attached hydrogens (tertiary/aromatic N) is 3. The Kier molecular flexibility index (Phi) is 1.28. The normalized spacial score (nSPS) is 11.1. The second-order valence-electron chi connectivity index (χ2n) is 3.12. The van der Waals surface area contributed by atoms with Crippen LogP contribution in [0.15, 0.2) is 36.5 Å². The van der Waals surface area contributed by atoms with Crippen LogP contribution in [0.3, 0.4) is 0 Å². The van der Waals surface area contributed by atoms with E-state index in [4.69, 9.17) is 5.73 Å². The molecule has 0 aliphatic carbocycles. The van der Waals surface area contributed by atoms with Crippen LogP contribution in [-0.2, 0) is 0 Å². The molecule has 0 aliphatic rings. The van der Waals surface area contributed by atoms with Crippen molar-refractivity contribution in [1.29, 1.82) is 0 Å². The molecule has 3 aromatic rings. The molecule has 4 nitrogen and oxygen atoms in total. The van der Waals surface area contributed by atoms with Gasteiger partial charge in [0.05, 0.1) is 11.7 Å². The number of fused-ring (bicyclic) bond motifs is 3. The smallest absolute Gasteiger partial charge is 0.158 e. The third-order valence-electron chi connectivity index (χ3n) is 2.27. The van der Waals surface area contributed by atoms with Crippen LogP contribution in [0.5, 0.6) is 0 Å². The molecule has 2 heterocycles. The van der Waals surface area contributed by atoms with E-state index in [-0.39, 0.29) is 0 Å². The number of hydrogen-bond acceptors (Lipinski definition) is 3. The van der Waals surface area contributed by atoms with Gasteiger partial charge in [0.25, 0.3) is 0 Å². The predicted molar refractivity (Wildman–Crippen MR) is 54.9 cm³/mol. The molecular formula is C10H8N4. The minimum atomic E-state index is 0.550. The van der Waals surface area contributed by atoms with E-state index < -0.39 is 0 Å². The fraction of sp³-hybridized carbons (Fsp3) is 0. The van der Waals surface area contributed by atoms with E-state index in [2.05, 4.69) is 10.1 Å². The Bertz CT molecular complexity index is 612. The summed E-state index contributed by atoms with van der Waals surface area (Å²) in [6, 6.07) is 9.66. The van der Waals surface area contributed by atoms with Crippen molar-refractivity contribution in [2.45, 2.75) is 0 Å². The zero-order valence-electron chi connectivity index (χ0n) is 7.38. The highest BCUT2D eigenvalue weighted by atomic mass is 15.2. The average Bonchev–Trinajstić information content (AvgIpc) is 2.66. The first-order valence-corrected chi connectivity index (χ1v) is 4.34. The third kappa shape index (κ3) is 0.821. The topological polar surface area (TPSA) is 56.2 Å². The van der Waals surface area contributed by atoms with Crippen LogP contribution in [0.4, 0.5) is 5.82 Å². The molecule has 0 atom stereocenters. The van der Waals surface area contributed by atoms with E-state index in [0.717, 1.165) is 16.6 Å². The van der Waals surface area contributed by atoms with E-state index in [1.165, 1.54) is 0 Å². The van der Waals surface area contributed by atoms with Crippen molar-refractivity contribution in [2.24, 2.45) is 0 Å². The molecule has 0 unspecified atom stereocenters. The van der Waals surface area contributed by atoms with E-state index in [1.54, 1.807) is 10.7 Å². The molecule has 3 rings (SSSR count). The Morgan fingerprint density at radius 2 is 2.00 bits per heavy atom. The molecule has 14 heavy (non-hydrogen) atoms. The maximum absolute atomic E-state index is 5.83. The largest absolute Gasteiger partial charge is 0.383 e. The van der Waals surface area contributed by atoms with Crippen LogP contribution in [-0.4, -0.2) is 14.6 Å². The summed E-state index contributed by atoms with van der Waals surface area (Å²) in [5.74, 6) is 0.550. The molecule has 0 radical (unpaired) electrons. The Labute approximate surface area is 80.0 Å².